The van der Waals surface area contributed by atoms with Gasteiger partial charge < -0.3 is 23.8 Å². The van der Waals surface area contributed by atoms with Crippen molar-refractivity contribution in [2.75, 3.05) is 27.4 Å². The standard InChI is InChI=1S/C7H17O5PS/c1-10-5-3-7(8)4-6-12-13(9,14)11-2/h7-8H,3-6H2,1-2H3,(H,9,14)/p-1. The molecule has 0 spiro atoms. The summed E-state index contributed by atoms with van der Waals surface area (Å²) < 4.78 is 14.0. The highest BCUT2D eigenvalue weighted by Crippen LogP contribution is 2.37. The van der Waals surface area contributed by atoms with Crippen molar-refractivity contribution in [3.8, 4) is 0 Å². The average molecular weight is 243 g/mol. The fourth-order valence-electron chi connectivity index (χ4n) is 0.751. The predicted molar refractivity (Wildman–Crippen MR) is 54.4 cm³/mol. The van der Waals surface area contributed by atoms with E-state index in [4.69, 9.17) is 9.26 Å². The largest absolute Gasteiger partial charge is 0.780 e. The van der Waals surface area contributed by atoms with Crippen LogP contribution in [0.3, 0.4) is 0 Å². The molecule has 0 radical (unpaired) electrons. The van der Waals surface area contributed by atoms with Crippen molar-refractivity contribution in [2.24, 2.45) is 0 Å². The Hall–Kier alpha value is 0.450. The SMILES string of the molecule is COCCC(O)CCOP([O-])(=S)OC. The summed E-state index contributed by atoms with van der Waals surface area (Å²) in [4.78, 5) is 11.0. The van der Waals surface area contributed by atoms with E-state index in [0.29, 0.717) is 19.4 Å². The molecule has 0 amide bonds. The van der Waals surface area contributed by atoms with Crippen molar-refractivity contribution in [3.63, 3.8) is 0 Å². The van der Waals surface area contributed by atoms with Crippen LogP contribution >= 0.6 is 6.72 Å². The van der Waals surface area contributed by atoms with Gasteiger partial charge in [0.15, 0.2) is 0 Å². The summed E-state index contributed by atoms with van der Waals surface area (Å²) >= 11 is 4.49. The molecule has 1 N–H and O–H groups in total. The first-order valence-electron chi connectivity index (χ1n) is 4.20. The van der Waals surface area contributed by atoms with Crippen LogP contribution in [0.25, 0.3) is 0 Å². The van der Waals surface area contributed by atoms with E-state index in [1.807, 2.05) is 0 Å². The quantitative estimate of drug-likeness (QED) is 0.606. The average Bonchev–Trinajstić information content (AvgIpc) is 2.14. The summed E-state index contributed by atoms with van der Waals surface area (Å²) in [5.41, 5.74) is 0. The van der Waals surface area contributed by atoms with E-state index in [9.17, 15) is 10.00 Å². The van der Waals surface area contributed by atoms with Gasteiger partial charge in [0.2, 0.25) is 0 Å². The Morgan fingerprint density at radius 3 is 2.43 bits per heavy atom. The minimum atomic E-state index is -3.31. The van der Waals surface area contributed by atoms with Gasteiger partial charge in [-0.25, -0.2) is 0 Å². The molecule has 5 nitrogen and oxygen atoms in total. The Labute approximate surface area is 89.2 Å². The van der Waals surface area contributed by atoms with Crippen LogP contribution in [0.4, 0.5) is 0 Å². The Balaban J connectivity index is 3.48. The molecule has 86 valence electrons. The van der Waals surface area contributed by atoms with Crippen molar-refractivity contribution >= 4 is 18.5 Å². The molecule has 2 unspecified atom stereocenters. The first-order valence-corrected chi connectivity index (χ1v) is 6.75. The second-order valence-corrected chi connectivity index (χ2v) is 5.55. The van der Waals surface area contributed by atoms with Crippen molar-refractivity contribution < 1.29 is 23.8 Å². The minimum Gasteiger partial charge on any atom is -0.780 e. The highest BCUT2D eigenvalue weighted by Gasteiger charge is 2.06. The van der Waals surface area contributed by atoms with Gasteiger partial charge >= 0.3 is 0 Å². The molecular formula is C7H16O5PS-. The van der Waals surface area contributed by atoms with Crippen molar-refractivity contribution in [2.45, 2.75) is 18.9 Å². The lowest BCUT2D eigenvalue weighted by atomic mass is 10.2. The Kier molecular flexibility index (Phi) is 7.95. The van der Waals surface area contributed by atoms with E-state index in [1.54, 1.807) is 7.11 Å². The molecule has 0 aliphatic carbocycles. The number of aliphatic hydroxyl groups excluding tert-OH is 1. The fraction of sp³-hybridized carbons (Fsp3) is 1.00. The summed E-state index contributed by atoms with van der Waals surface area (Å²) in [7, 11) is 2.79. The van der Waals surface area contributed by atoms with Crippen molar-refractivity contribution in [1.29, 1.82) is 0 Å². The number of rotatable bonds is 8. The zero-order valence-corrected chi connectivity index (χ0v) is 10.1. The van der Waals surface area contributed by atoms with E-state index in [0.717, 1.165) is 0 Å². The topological polar surface area (TPSA) is 71.0 Å². The summed E-state index contributed by atoms with van der Waals surface area (Å²) in [6.07, 6.45) is 0.365. The zero-order chi connectivity index (χ0) is 11.0. The number of hydrogen-bond acceptors (Lipinski definition) is 6. The molecule has 0 fully saturated rings. The molecule has 0 heterocycles. The molecule has 0 aromatic heterocycles. The Morgan fingerprint density at radius 2 is 1.93 bits per heavy atom. The van der Waals surface area contributed by atoms with Crippen LogP contribution in [0.2, 0.25) is 0 Å². The van der Waals surface area contributed by atoms with Crippen molar-refractivity contribution in [1.82, 2.24) is 0 Å². The summed E-state index contributed by atoms with van der Waals surface area (Å²) in [5.74, 6) is 0. The maximum Gasteiger partial charge on any atom is 0.115 e. The molecule has 0 aromatic carbocycles. The monoisotopic (exact) mass is 243 g/mol. The molecule has 0 aliphatic rings. The smallest absolute Gasteiger partial charge is 0.115 e. The fourth-order valence-corrected chi connectivity index (χ4v) is 1.41. The van der Waals surface area contributed by atoms with Crippen LogP contribution in [0.5, 0.6) is 0 Å². The van der Waals surface area contributed by atoms with Gasteiger partial charge in [0, 0.05) is 20.8 Å². The van der Waals surface area contributed by atoms with E-state index >= 15 is 0 Å². The molecule has 0 aliphatic heterocycles. The Bertz CT molecular complexity index is 189. The lowest BCUT2D eigenvalue weighted by molar-refractivity contribution is -0.204. The zero-order valence-electron chi connectivity index (χ0n) is 8.34. The molecule has 0 bridgehead atoms. The van der Waals surface area contributed by atoms with E-state index in [1.165, 1.54) is 7.11 Å². The van der Waals surface area contributed by atoms with Crippen LogP contribution in [-0.2, 0) is 25.6 Å². The van der Waals surface area contributed by atoms with Gasteiger partial charge in [0.25, 0.3) is 0 Å². The number of aliphatic hydroxyl groups is 1. The van der Waals surface area contributed by atoms with Crippen LogP contribution in [0, 0.1) is 0 Å². The van der Waals surface area contributed by atoms with Crippen molar-refractivity contribution in [3.05, 3.63) is 0 Å². The van der Waals surface area contributed by atoms with Gasteiger partial charge in [-0.1, -0.05) is 11.8 Å². The maximum atomic E-state index is 11.0. The summed E-state index contributed by atoms with van der Waals surface area (Å²) in [5, 5.41) is 9.33. The van der Waals surface area contributed by atoms with Gasteiger partial charge in [-0.05, 0) is 12.8 Å². The van der Waals surface area contributed by atoms with Gasteiger partial charge in [-0.2, -0.15) is 0 Å². The predicted octanol–water partition coefficient (Wildman–Crippen LogP) is 0.0217. The minimum absolute atomic E-state index is 0.125. The van der Waals surface area contributed by atoms with E-state index in [2.05, 4.69) is 16.3 Å². The molecule has 0 saturated heterocycles. The van der Waals surface area contributed by atoms with Crippen LogP contribution in [0.1, 0.15) is 12.8 Å². The summed E-state index contributed by atoms with van der Waals surface area (Å²) in [6.45, 7) is -2.71. The third-order valence-corrected chi connectivity index (χ3v) is 3.29. The van der Waals surface area contributed by atoms with Gasteiger partial charge in [-0.3, -0.25) is 0 Å². The third kappa shape index (κ3) is 7.82. The van der Waals surface area contributed by atoms with Gasteiger partial charge in [-0.15, -0.1) is 0 Å². The summed E-state index contributed by atoms with van der Waals surface area (Å²) in [6, 6.07) is 0. The molecule has 2 atom stereocenters. The van der Waals surface area contributed by atoms with Crippen LogP contribution < -0.4 is 4.89 Å². The lowest BCUT2D eigenvalue weighted by Crippen LogP contribution is -2.14. The number of ether oxygens (including phenoxy) is 1. The molecular weight excluding hydrogens is 227 g/mol. The molecule has 0 saturated carbocycles. The number of hydrogen-bond donors (Lipinski definition) is 1. The van der Waals surface area contributed by atoms with Gasteiger partial charge in [0.1, 0.15) is 6.72 Å². The molecule has 0 aromatic rings. The highest BCUT2D eigenvalue weighted by atomic mass is 32.5. The van der Waals surface area contributed by atoms with Crippen LogP contribution in [-0.4, -0.2) is 38.6 Å². The highest BCUT2D eigenvalue weighted by molar-refractivity contribution is 8.06. The lowest BCUT2D eigenvalue weighted by Gasteiger charge is -2.25. The molecule has 14 heavy (non-hydrogen) atoms. The third-order valence-electron chi connectivity index (χ3n) is 1.58. The second-order valence-electron chi connectivity index (χ2n) is 2.69. The van der Waals surface area contributed by atoms with Gasteiger partial charge in [0.05, 0.1) is 12.7 Å². The molecule has 0 rings (SSSR count). The number of methoxy groups -OCH3 is 1. The Morgan fingerprint density at radius 1 is 1.36 bits per heavy atom. The maximum absolute atomic E-state index is 11.0. The van der Waals surface area contributed by atoms with Crippen LogP contribution in [0.15, 0.2) is 0 Å². The van der Waals surface area contributed by atoms with E-state index in [-0.39, 0.29) is 6.61 Å². The second kappa shape index (κ2) is 7.70. The first kappa shape index (κ1) is 14.5. The normalized spacial score (nSPS) is 17.7. The van der Waals surface area contributed by atoms with E-state index < -0.39 is 12.8 Å². The first-order chi connectivity index (χ1) is 6.52. The molecule has 7 heteroatoms.